The van der Waals surface area contributed by atoms with Crippen LogP contribution in [0.25, 0.3) is 0 Å². The molecule has 1 fully saturated rings. The molecular weight excluding hydrogens is 368 g/mol. The van der Waals surface area contributed by atoms with Crippen molar-refractivity contribution in [1.82, 2.24) is 0 Å². The number of nitrogens with one attached hydrogen (secondary N) is 1. The van der Waals surface area contributed by atoms with E-state index in [4.69, 9.17) is 0 Å². The minimum Gasteiger partial charge on any atom is -0.326 e. The summed E-state index contributed by atoms with van der Waals surface area (Å²) in [5, 5.41) is 2.91. The highest BCUT2D eigenvalue weighted by Gasteiger charge is 2.34. The van der Waals surface area contributed by atoms with Crippen LogP contribution in [-0.2, 0) is 16.0 Å². The van der Waals surface area contributed by atoms with E-state index < -0.39 is 0 Å². The number of carbonyl (C=O) groups is 2. The molecule has 1 N–H and O–H groups in total. The number of benzene rings is 2. The Labute approximate surface area is 171 Å². The normalized spacial score (nSPS) is 16.4. The Balaban J connectivity index is 1.79. The number of thioether (sulfide) groups is 1. The van der Waals surface area contributed by atoms with Crippen molar-refractivity contribution in [2.45, 2.75) is 51.3 Å². The number of hydrogen-bond donors (Lipinski definition) is 1. The second kappa shape index (κ2) is 9.78. The lowest BCUT2D eigenvalue weighted by Gasteiger charge is -2.26. The SMILES string of the molecule is CCCCC(=O)Nc1ccc([C@H]2SCC(=O)N2c2ccccc2CCC)cc1. The topological polar surface area (TPSA) is 49.4 Å². The van der Waals surface area contributed by atoms with Crippen LogP contribution in [0.3, 0.4) is 0 Å². The first-order valence-electron chi connectivity index (χ1n) is 10.1. The fraction of sp³-hybridized carbons (Fsp3) is 0.391. The molecule has 1 heterocycles. The van der Waals surface area contributed by atoms with Crippen LogP contribution in [0.4, 0.5) is 11.4 Å². The van der Waals surface area contributed by atoms with Crippen molar-refractivity contribution >= 4 is 35.0 Å². The highest BCUT2D eigenvalue weighted by atomic mass is 32.2. The first-order chi connectivity index (χ1) is 13.6. The standard InChI is InChI=1S/C23H28N2O2S/c1-3-5-11-21(26)24-19-14-12-18(13-15-19)23-25(22(27)16-28-23)20-10-7-6-9-17(20)8-4-2/h6-7,9-10,12-15,23H,3-5,8,11,16H2,1-2H3,(H,24,26)/t23-/m1/s1. The molecule has 0 spiro atoms. The van der Waals surface area contributed by atoms with Crippen molar-refractivity contribution < 1.29 is 9.59 Å². The fourth-order valence-electron chi connectivity index (χ4n) is 3.45. The quantitative estimate of drug-likeness (QED) is 0.637. The molecule has 2 amide bonds. The van der Waals surface area contributed by atoms with Crippen molar-refractivity contribution in [3.8, 4) is 0 Å². The third kappa shape index (κ3) is 4.76. The smallest absolute Gasteiger partial charge is 0.238 e. The molecule has 0 bridgehead atoms. The number of nitrogens with zero attached hydrogens (tertiary/aromatic N) is 1. The lowest BCUT2D eigenvalue weighted by Crippen LogP contribution is -2.28. The van der Waals surface area contributed by atoms with Gasteiger partial charge in [0.1, 0.15) is 5.37 Å². The Bertz CT molecular complexity index is 820. The number of rotatable bonds is 8. The Hall–Kier alpha value is -2.27. The zero-order valence-electron chi connectivity index (χ0n) is 16.6. The molecule has 2 aromatic rings. The minimum atomic E-state index is -0.0321. The highest BCUT2D eigenvalue weighted by Crippen LogP contribution is 2.43. The van der Waals surface area contributed by atoms with Gasteiger partial charge in [0.2, 0.25) is 11.8 Å². The summed E-state index contributed by atoms with van der Waals surface area (Å²) in [4.78, 5) is 26.5. The summed E-state index contributed by atoms with van der Waals surface area (Å²) in [5.41, 5.74) is 4.11. The maximum Gasteiger partial charge on any atom is 0.238 e. The molecule has 0 saturated carbocycles. The third-order valence-electron chi connectivity index (χ3n) is 4.88. The molecule has 0 aromatic heterocycles. The first kappa shape index (κ1) is 20.5. The predicted molar refractivity (Wildman–Crippen MR) is 118 cm³/mol. The number of anilines is 2. The van der Waals surface area contributed by atoms with E-state index in [1.807, 2.05) is 47.4 Å². The van der Waals surface area contributed by atoms with Crippen LogP contribution in [0.1, 0.15) is 56.0 Å². The molecule has 3 rings (SSSR count). The summed E-state index contributed by atoms with van der Waals surface area (Å²) in [6.45, 7) is 4.23. The summed E-state index contributed by atoms with van der Waals surface area (Å²) >= 11 is 1.65. The second-order valence-electron chi connectivity index (χ2n) is 7.08. The average molecular weight is 397 g/mol. The third-order valence-corrected chi connectivity index (χ3v) is 6.09. The van der Waals surface area contributed by atoms with E-state index in [1.54, 1.807) is 11.8 Å². The molecule has 1 saturated heterocycles. The van der Waals surface area contributed by atoms with E-state index in [9.17, 15) is 9.59 Å². The molecule has 4 nitrogen and oxygen atoms in total. The summed E-state index contributed by atoms with van der Waals surface area (Å²) in [6, 6.07) is 16.1. The molecule has 5 heteroatoms. The van der Waals surface area contributed by atoms with E-state index in [0.717, 1.165) is 42.6 Å². The van der Waals surface area contributed by atoms with Crippen LogP contribution < -0.4 is 10.2 Å². The van der Waals surface area contributed by atoms with Gasteiger partial charge in [0.15, 0.2) is 0 Å². The summed E-state index contributed by atoms with van der Waals surface area (Å²) in [7, 11) is 0. The maximum absolute atomic E-state index is 12.7. The molecule has 1 aliphatic heterocycles. The van der Waals surface area contributed by atoms with Crippen LogP contribution in [-0.4, -0.2) is 17.6 Å². The zero-order chi connectivity index (χ0) is 19.9. The summed E-state index contributed by atoms with van der Waals surface area (Å²) in [6.07, 6.45) is 4.46. The largest absolute Gasteiger partial charge is 0.326 e. The van der Waals surface area contributed by atoms with Crippen molar-refractivity contribution in [2.75, 3.05) is 16.0 Å². The molecule has 0 aliphatic carbocycles. The van der Waals surface area contributed by atoms with Gasteiger partial charge in [0.25, 0.3) is 0 Å². The van der Waals surface area contributed by atoms with E-state index in [2.05, 4.69) is 25.2 Å². The van der Waals surface area contributed by atoms with Gasteiger partial charge >= 0.3 is 0 Å². The number of amides is 2. The van der Waals surface area contributed by atoms with Crippen molar-refractivity contribution in [2.24, 2.45) is 0 Å². The van der Waals surface area contributed by atoms with Gasteiger partial charge in [-0.1, -0.05) is 57.0 Å². The lowest BCUT2D eigenvalue weighted by atomic mass is 10.1. The Morgan fingerprint density at radius 3 is 2.57 bits per heavy atom. The molecule has 0 radical (unpaired) electrons. The van der Waals surface area contributed by atoms with Crippen molar-refractivity contribution in [1.29, 1.82) is 0 Å². The number of unbranched alkanes of at least 4 members (excludes halogenated alkanes) is 1. The van der Waals surface area contributed by atoms with Gasteiger partial charge < -0.3 is 5.32 Å². The van der Waals surface area contributed by atoms with Crippen LogP contribution in [0, 0.1) is 0 Å². The van der Waals surface area contributed by atoms with Crippen LogP contribution >= 0.6 is 11.8 Å². The van der Waals surface area contributed by atoms with E-state index >= 15 is 0 Å². The molecular formula is C23H28N2O2S. The van der Waals surface area contributed by atoms with E-state index in [1.165, 1.54) is 5.56 Å². The van der Waals surface area contributed by atoms with Gasteiger partial charge in [-0.05, 0) is 42.2 Å². The van der Waals surface area contributed by atoms with Crippen molar-refractivity contribution in [3.63, 3.8) is 0 Å². The Kier molecular flexibility index (Phi) is 7.15. The predicted octanol–water partition coefficient (Wildman–Crippen LogP) is 5.55. The van der Waals surface area contributed by atoms with Crippen molar-refractivity contribution in [3.05, 3.63) is 59.7 Å². The fourth-order valence-corrected chi connectivity index (χ4v) is 4.62. The molecule has 28 heavy (non-hydrogen) atoms. The number of para-hydroxylation sites is 1. The highest BCUT2D eigenvalue weighted by molar-refractivity contribution is 8.00. The van der Waals surface area contributed by atoms with Crippen LogP contribution in [0.5, 0.6) is 0 Å². The minimum absolute atomic E-state index is 0.0321. The number of carbonyl (C=O) groups excluding carboxylic acids is 2. The summed E-state index contributed by atoms with van der Waals surface area (Å²) < 4.78 is 0. The van der Waals surface area contributed by atoms with Gasteiger partial charge in [-0.25, -0.2) is 0 Å². The Morgan fingerprint density at radius 1 is 1.11 bits per heavy atom. The van der Waals surface area contributed by atoms with E-state index in [0.29, 0.717) is 12.2 Å². The zero-order valence-corrected chi connectivity index (χ0v) is 17.4. The van der Waals surface area contributed by atoms with E-state index in [-0.39, 0.29) is 17.2 Å². The maximum atomic E-state index is 12.7. The number of hydrogen-bond acceptors (Lipinski definition) is 3. The molecule has 148 valence electrons. The number of aryl methyl sites for hydroxylation is 1. The average Bonchev–Trinajstić information content (AvgIpc) is 3.09. The van der Waals surface area contributed by atoms with Gasteiger partial charge in [-0.3, -0.25) is 14.5 Å². The van der Waals surface area contributed by atoms with Gasteiger partial charge in [-0.15, -0.1) is 11.8 Å². The van der Waals surface area contributed by atoms with Gasteiger partial charge in [0.05, 0.1) is 5.75 Å². The van der Waals surface area contributed by atoms with Crippen LogP contribution in [0.2, 0.25) is 0 Å². The molecule has 1 atom stereocenters. The van der Waals surface area contributed by atoms with Gasteiger partial charge in [0, 0.05) is 17.8 Å². The second-order valence-corrected chi connectivity index (χ2v) is 8.15. The molecule has 2 aromatic carbocycles. The lowest BCUT2D eigenvalue weighted by molar-refractivity contribution is -0.116. The monoisotopic (exact) mass is 396 g/mol. The molecule has 1 aliphatic rings. The van der Waals surface area contributed by atoms with Crippen LogP contribution in [0.15, 0.2) is 48.5 Å². The summed E-state index contributed by atoms with van der Waals surface area (Å²) in [5.74, 6) is 0.686. The first-order valence-corrected chi connectivity index (χ1v) is 11.1. The van der Waals surface area contributed by atoms with Gasteiger partial charge in [-0.2, -0.15) is 0 Å². The molecule has 0 unspecified atom stereocenters. The Morgan fingerprint density at radius 2 is 1.86 bits per heavy atom.